The van der Waals surface area contributed by atoms with Crippen molar-refractivity contribution in [2.24, 2.45) is 0 Å². The molecule has 0 aromatic carbocycles. The van der Waals surface area contributed by atoms with Crippen LogP contribution in [0.15, 0.2) is 0 Å². The van der Waals surface area contributed by atoms with E-state index >= 15 is 0 Å². The molecule has 0 nitrogen and oxygen atoms in total. The van der Waals surface area contributed by atoms with E-state index in [2.05, 4.69) is 78.6 Å². The minimum Gasteiger partial charge on any atom is -0.0691 e. The summed E-state index contributed by atoms with van der Waals surface area (Å²) in [5, 5.41) is 0. The number of hydrogen-bond donors (Lipinski definition) is 0. The van der Waals surface area contributed by atoms with Gasteiger partial charge in [-0.05, 0) is 111 Å². The topological polar surface area (TPSA) is 0 Å². The summed E-state index contributed by atoms with van der Waals surface area (Å²) in [5.74, 6) is 0. The van der Waals surface area contributed by atoms with Crippen molar-refractivity contribution in [3.05, 3.63) is 111 Å². The van der Waals surface area contributed by atoms with Crippen molar-refractivity contribution in [3.63, 3.8) is 0 Å². The van der Waals surface area contributed by atoms with Crippen molar-refractivity contribution in [2.45, 2.75) is 603 Å². The molecule has 125 heavy (non-hydrogen) atoms. The van der Waals surface area contributed by atoms with Crippen LogP contribution in [0, 0.1) is 111 Å². The van der Waals surface area contributed by atoms with Gasteiger partial charge in [0.1, 0.15) is 0 Å². The molecule has 720 valence electrons. The maximum absolute atomic E-state index is 6.39. The number of rotatable bonds is 96. The van der Waals surface area contributed by atoms with Crippen LogP contribution in [0.3, 0.4) is 0 Å². The molecule has 0 unspecified atom stereocenters. The zero-order valence-electron chi connectivity index (χ0n) is 87.1. The molecule has 0 spiro atoms. The minimum atomic E-state index is -1.97. The lowest BCUT2D eigenvalue weighted by Gasteiger charge is -2.39. The van der Waals surface area contributed by atoms with E-state index in [0.717, 1.165) is 103 Å². The molecule has 0 atom stereocenters. The predicted molar refractivity (Wildman–Crippen MR) is 609 cm³/mol. The van der Waals surface area contributed by atoms with Crippen molar-refractivity contribution >= 4 is 105 Å². The fourth-order valence-electron chi connectivity index (χ4n) is 24.8. The van der Waals surface area contributed by atoms with Crippen molar-refractivity contribution in [1.29, 1.82) is 0 Å². The minimum absolute atomic E-state index is 0.819. The predicted octanol–water partition coefficient (Wildman–Crippen LogP) is 40.9. The van der Waals surface area contributed by atoms with E-state index in [4.69, 9.17) is 111 Å². The number of hydrogen-bond acceptors (Lipinski definition) is 0. The highest BCUT2D eigenvalue weighted by atomic mass is 28.4. The Morgan fingerprint density at radius 1 is 0.0880 bits per heavy atom. The Hall–Kier alpha value is 2.82. The van der Waals surface area contributed by atoms with Gasteiger partial charge >= 0.3 is 0 Å². The van der Waals surface area contributed by atoms with Gasteiger partial charge in [0.05, 0.1) is 105 Å². The summed E-state index contributed by atoms with van der Waals surface area (Å²) in [5.41, 5.74) is 0. The van der Waals surface area contributed by atoms with E-state index in [1.807, 2.05) is 0 Å². The Kier molecular flexibility index (Phi) is 75.6. The normalized spacial score (nSPS) is 13.7. The van der Waals surface area contributed by atoms with Crippen molar-refractivity contribution < 1.29 is 0 Å². The van der Waals surface area contributed by atoms with Crippen LogP contribution in [0.4, 0.5) is 0 Å². The van der Waals surface area contributed by atoms with Crippen LogP contribution >= 0.6 is 0 Å². The van der Waals surface area contributed by atoms with Gasteiger partial charge < -0.3 is 0 Å². The molecule has 0 saturated heterocycles. The lowest BCUT2D eigenvalue weighted by atomic mass is 10.4. The summed E-state index contributed by atoms with van der Waals surface area (Å²) in [6, 6.07) is 58.2. The van der Waals surface area contributed by atoms with Gasteiger partial charge in [0, 0.05) is 0 Å². The third kappa shape index (κ3) is 61.8. The maximum atomic E-state index is 6.39. The molecule has 32 radical (unpaired) electrons. The Morgan fingerprint density at radius 2 is 0.144 bits per heavy atom. The molecular formula is C112H220Si13. The van der Waals surface area contributed by atoms with Gasteiger partial charge in [0.15, 0.2) is 0 Å². The summed E-state index contributed by atoms with van der Waals surface area (Å²) in [7, 11) is -20.8. The van der Waals surface area contributed by atoms with Crippen LogP contribution in [0.25, 0.3) is 0 Å². The first kappa shape index (κ1) is 128. The van der Waals surface area contributed by atoms with Gasteiger partial charge in [-0.25, -0.2) is 0 Å². The molecule has 0 saturated carbocycles. The summed E-state index contributed by atoms with van der Waals surface area (Å²) in [6.45, 7) is 136. The van der Waals surface area contributed by atoms with Gasteiger partial charge in [-0.1, -0.05) is 603 Å². The first-order chi connectivity index (χ1) is 59.5. The third-order valence-corrected chi connectivity index (χ3v) is 96.0. The van der Waals surface area contributed by atoms with E-state index in [0.29, 0.717) is 0 Å². The van der Waals surface area contributed by atoms with Gasteiger partial charge in [-0.3, -0.25) is 0 Å². The zero-order chi connectivity index (χ0) is 93.9. The Bertz CT molecular complexity index is 1890. The van der Waals surface area contributed by atoms with Gasteiger partial charge in [-0.2, -0.15) is 0 Å². The monoisotopic (exact) mass is 1930 g/mol. The van der Waals surface area contributed by atoms with Gasteiger partial charge in [0.2, 0.25) is 0 Å². The van der Waals surface area contributed by atoms with Crippen LogP contribution < -0.4 is 0 Å². The van der Waals surface area contributed by atoms with Crippen LogP contribution in [-0.4, -0.2) is 105 Å². The second-order valence-electron chi connectivity index (χ2n) is 47.7. The Morgan fingerprint density at radius 3 is 0.208 bits per heavy atom. The molecule has 0 N–H and O–H groups in total. The maximum Gasteiger partial charge on any atom is 0.0535 e. The molecule has 0 aromatic heterocycles. The fourth-order valence-corrected chi connectivity index (χ4v) is 80.8. The standard InChI is InChI=1S/C112H220Si13/c1-29-45-73-113(17,74-46-30-2)89-61-97-121(25,98-62-90-114(18,75-47-31-3)76-48-32-4)105-69-109-125(110-70-106-122(26,99-63-91-115(19,77-49-33-5)78-50-34-6)100-64-92-116(20,79-51-35-7)80-52-36-8,111-71-107-123(27,101-65-93-117(21,81-53-37-9)82-54-38-10)102-66-94-118(22,83-55-39-11)84-56-40-12)112-72-108-124(28,103-67-95-119(23,85-57-41-13)86-58-42-14)104-68-96-120(24,87-59-43-15)88-60-44-16/h1-16H,29-112H2,17-28H3. The highest BCUT2D eigenvalue weighted by Gasteiger charge is 2.42. The largest absolute Gasteiger partial charge is 0.0691 e. The molecule has 0 rings (SSSR count). The summed E-state index contributed by atoms with van der Waals surface area (Å²) in [4.78, 5) is 0. The van der Waals surface area contributed by atoms with Gasteiger partial charge in [0.25, 0.3) is 0 Å². The molecular weight excluding hydrogens is 1710 g/mol. The second-order valence-corrected chi connectivity index (χ2v) is 114. The quantitative estimate of drug-likeness (QED) is 0.0533. The SMILES string of the molecule is [CH]CCC[Si](C)(CCC[CH])CCC[Si](C)(CCC[Si](C)(CCC[CH])CCC[CH])CCC[Si](CCC[Si](C)(CCC[Si](C)(CCC[CH])CCC[CH])CCC[Si](C)(CCC[CH])CCC[CH])(CCC[Si](C)(CCC[Si](C)(CCC[CH])CCC[CH])CCC[Si](C)(CCC[CH])CCC[CH])CCC[Si](C)(CCC[Si](C)(CCC[CH])CCC[CH])CCC[Si](C)(CCC[CH])CCC[CH]. The number of unbranched alkanes of at least 4 members (excludes halogenated alkanes) is 16. The molecule has 0 aliphatic heterocycles. The van der Waals surface area contributed by atoms with Crippen LogP contribution in [0.2, 0.25) is 320 Å². The van der Waals surface area contributed by atoms with E-state index in [1.165, 1.54) is 397 Å². The van der Waals surface area contributed by atoms with Crippen LogP contribution in [0.1, 0.15) is 283 Å². The fraction of sp³-hybridized carbons (Fsp3) is 0.857. The van der Waals surface area contributed by atoms with Crippen molar-refractivity contribution in [3.8, 4) is 0 Å². The molecule has 0 heterocycles. The third-order valence-electron chi connectivity index (χ3n) is 34.2. The lowest BCUT2D eigenvalue weighted by molar-refractivity contribution is 0.820. The van der Waals surface area contributed by atoms with Crippen LogP contribution in [-0.2, 0) is 0 Å². The molecule has 0 fully saturated rings. The van der Waals surface area contributed by atoms with Crippen LogP contribution in [0.5, 0.6) is 0 Å². The first-order valence-electron chi connectivity index (χ1n) is 54.7. The van der Waals surface area contributed by atoms with Crippen molar-refractivity contribution in [2.75, 3.05) is 0 Å². The van der Waals surface area contributed by atoms with E-state index in [1.54, 1.807) is 24.2 Å². The average molecular weight is 1930 g/mol. The Balaban J connectivity index is 9.54. The van der Waals surface area contributed by atoms with E-state index in [9.17, 15) is 0 Å². The van der Waals surface area contributed by atoms with Crippen molar-refractivity contribution in [1.82, 2.24) is 0 Å². The highest BCUT2D eigenvalue weighted by molar-refractivity contribution is 6.86. The summed E-state index contributed by atoms with van der Waals surface area (Å²) in [6.07, 6.45) is 49.4. The first-order valence-corrected chi connectivity index (χ1v) is 95.0. The Labute approximate surface area is 811 Å². The van der Waals surface area contributed by atoms with E-state index in [-0.39, 0.29) is 0 Å². The molecule has 0 aliphatic carbocycles. The summed E-state index contributed by atoms with van der Waals surface area (Å²) >= 11 is 0. The van der Waals surface area contributed by atoms with E-state index < -0.39 is 105 Å². The highest BCUT2D eigenvalue weighted by Crippen LogP contribution is 2.47. The summed E-state index contributed by atoms with van der Waals surface area (Å²) < 4.78 is 0. The molecule has 0 aliphatic rings. The zero-order valence-corrected chi connectivity index (χ0v) is 100. The smallest absolute Gasteiger partial charge is 0.0535 e. The van der Waals surface area contributed by atoms with Gasteiger partial charge in [-0.15, -0.1) is 0 Å². The molecule has 13 heteroatoms. The lowest BCUT2D eigenvalue weighted by Crippen LogP contribution is -2.40. The molecule has 0 amide bonds. The molecule has 0 bridgehead atoms. The average Bonchev–Trinajstić information content (AvgIpc) is 0.739. The second kappa shape index (κ2) is 73.9. The molecule has 0 aromatic rings.